The van der Waals surface area contributed by atoms with Crippen molar-refractivity contribution in [2.45, 2.75) is 25.3 Å². The van der Waals surface area contributed by atoms with E-state index in [1.807, 2.05) is 24.3 Å². The van der Waals surface area contributed by atoms with Gasteiger partial charge >= 0.3 is 5.97 Å². The van der Waals surface area contributed by atoms with Crippen LogP contribution in [0.25, 0.3) is 0 Å². The largest absolute Gasteiger partial charge is 0.497 e. The molecule has 0 bridgehead atoms. The van der Waals surface area contributed by atoms with E-state index in [1.165, 1.54) is 7.11 Å². The van der Waals surface area contributed by atoms with Gasteiger partial charge in [-0.1, -0.05) is 35.9 Å². The second kappa shape index (κ2) is 9.82. The number of hydrogen-bond acceptors (Lipinski definition) is 4. The maximum absolute atomic E-state index is 12.3. The fourth-order valence-corrected chi connectivity index (χ4v) is 2.64. The van der Waals surface area contributed by atoms with Gasteiger partial charge in [0, 0.05) is 11.4 Å². The molecular formula is C20H22ClNO4. The molecule has 1 atom stereocenters. The first-order valence-electron chi connectivity index (χ1n) is 8.26. The lowest BCUT2D eigenvalue weighted by molar-refractivity contribution is -0.141. The van der Waals surface area contributed by atoms with Gasteiger partial charge in [0.05, 0.1) is 26.7 Å². The third-order valence-electron chi connectivity index (χ3n) is 4.01. The molecule has 1 unspecified atom stereocenters. The zero-order chi connectivity index (χ0) is 18.9. The van der Waals surface area contributed by atoms with Crippen molar-refractivity contribution in [3.63, 3.8) is 0 Å². The molecule has 1 amide bonds. The number of amides is 1. The molecule has 5 nitrogen and oxygen atoms in total. The highest BCUT2D eigenvalue weighted by atomic mass is 35.5. The smallest absolute Gasteiger partial charge is 0.307 e. The zero-order valence-corrected chi connectivity index (χ0v) is 15.6. The lowest BCUT2D eigenvalue weighted by Gasteiger charge is -2.18. The van der Waals surface area contributed by atoms with Crippen molar-refractivity contribution in [2.75, 3.05) is 14.2 Å². The number of halogens is 1. The molecule has 2 rings (SSSR count). The number of carbonyl (C=O) groups excluding carboxylic acids is 2. The number of benzene rings is 2. The van der Waals surface area contributed by atoms with Gasteiger partial charge in [-0.15, -0.1) is 0 Å². The number of aryl methyl sites for hydroxylation is 1. The Morgan fingerprint density at radius 2 is 1.69 bits per heavy atom. The number of ether oxygens (including phenoxy) is 2. The third kappa shape index (κ3) is 6.08. The molecule has 26 heavy (non-hydrogen) atoms. The van der Waals surface area contributed by atoms with Crippen molar-refractivity contribution < 1.29 is 19.1 Å². The van der Waals surface area contributed by atoms with Gasteiger partial charge in [0.2, 0.25) is 5.91 Å². The van der Waals surface area contributed by atoms with E-state index in [1.54, 1.807) is 31.4 Å². The van der Waals surface area contributed by atoms with Crippen LogP contribution < -0.4 is 10.1 Å². The molecule has 138 valence electrons. The molecule has 2 aromatic rings. The Bertz CT molecular complexity index is 728. The summed E-state index contributed by atoms with van der Waals surface area (Å²) in [5.41, 5.74) is 1.84. The number of hydrogen-bond donors (Lipinski definition) is 1. The van der Waals surface area contributed by atoms with Gasteiger partial charge in [-0.05, 0) is 41.8 Å². The molecule has 0 spiro atoms. The van der Waals surface area contributed by atoms with Crippen LogP contribution in [0.15, 0.2) is 48.5 Å². The van der Waals surface area contributed by atoms with E-state index < -0.39 is 6.04 Å². The summed E-state index contributed by atoms with van der Waals surface area (Å²) in [7, 11) is 2.91. The molecule has 0 saturated carbocycles. The monoisotopic (exact) mass is 375 g/mol. The molecule has 0 heterocycles. The molecule has 0 fully saturated rings. The minimum atomic E-state index is -0.453. The summed E-state index contributed by atoms with van der Waals surface area (Å²) in [4.78, 5) is 24.0. The number of carbonyl (C=O) groups is 2. The van der Waals surface area contributed by atoms with E-state index in [4.69, 9.17) is 21.1 Å². The standard InChI is InChI=1S/C20H22ClNO4/c1-25-17-10-6-15(7-11-17)18(13-20(24)26-2)22-19(23)12-5-14-3-8-16(21)9-4-14/h3-4,6-11,18H,5,12-13H2,1-2H3,(H,22,23). The lowest BCUT2D eigenvalue weighted by Crippen LogP contribution is -2.30. The van der Waals surface area contributed by atoms with Gasteiger partial charge in [-0.2, -0.15) is 0 Å². The molecule has 0 aliphatic rings. The van der Waals surface area contributed by atoms with Gasteiger partial charge in [0.25, 0.3) is 0 Å². The van der Waals surface area contributed by atoms with Crippen molar-refractivity contribution in [1.82, 2.24) is 5.32 Å². The predicted octanol–water partition coefficient (Wildman–Crippen LogP) is 3.70. The fraction of sp³-hybridized carbons (Fsp3) is 0.300. The molecule has 2 aromatic carbocycles. The minimum absolute atomic E-state index is 0.0650. The van der Waals surface area contributed by atoms with E-state index >= 15 is 0 Å². The SMILES string of the molecule is COC(=O)CC(NC(=O)CCc1ccc(Cl)cc1)c1ccc(OC)cc1. The molecule has 1 N–H and O–H groups in total. The lowest BCUT2D eigenvalue weighted by atomic mass is 10.0. The van der Waals surface area contributed by atoms with Crippen LogP contribution in [0.1, 0.15) is 30.0 Å². The van der Waals surface area contributed by atoms with Crippen LogP contribution in [-0.4, -0.2) is 26.1 Å². The Labute approximate surface area is 158 Å². The van der Waals surface area contributed by atoms with Crippen LogP contribution in [0, 0.1) is 0 Å². The topological polar surface area (TPSA) is 64.6 Å². The van der Waals surface area contributed by atoms with Crippen LogP contribution >= 0.6 is 11.6 Å². The first-order chi connectivity index (χ1) is 12.5. The van der Waals surface area contributed by atoms with Gasteiger partial charge in [-0.3, -0.25) is 9.59 Å². The zero-order valence-electron chi connectivity index (χ0n) is 14.8. The van der Waals surface area contributed by atoms with E-state index in [0.29, 0.717) is 23.6 Å². The van der Waals surface area contributed by atoms with E-state index in [9.17, 15) is 9.59 Å². The van der Waals surface area contributed by atoms with E-state index in [0.717, 1.165) is 11.1 Å². The van der Waals surface area contributed by atoms with Crippen LogP contribution in [0.2, 0.25) is 5.02 Å². The fourth-order valence-electron chi connectivity index (χ4n) is 2.51. The summed E-state index contributed by atoms with van der Waals surface area (Å²) in [6, 6.07) is 14.2. The average molecular weight is 376 g/mol. The average Bonchev–Trinajstić information content (AvgIpc) is 2.67. The molecule has 0 aromatic heterocycles. The highest BCUT2D eigenvalue weighted by Gasteiger charge is 2.19. The molecule has 0 radical (unpaired) electrons. The maximum atomic E-state index is 12.3. The summed E-state index contributed by atoms with van der Waals surface area (Å²) in [5, 5.41) is 3.57. The van der Waals surface area contributed by atoms with Gasteiger partial charge in [0.15, 0.2) is 0 Å². The van der Waals surface area contributed by atoms with Crippen LogP contribution in [0.4, 0.5) is 0 Å². The highest BCUT2D eigenvalue weighted by molar-refractivity contribution is 6.30. The Balaban J connectivity index is 2.00. The van der Waals surface area contributed by atoms with Crippen molar-refractivity contribution in [1.29, 1.82) is 0 Å². The highest BCUT2D eigenvalue weighted by Crippen LogP contribution is 2.21. The first-order valence-corrected chi connectivity index (χ1v) is 8.64. The molecule has 0 saturated heterocycles. The predicted molar refractivity (Wildman–Crippen MR) is 100 cm³/mol. The van der Waals surface area contributed by atoms with E-state index in [-0.39, 0.29) is 18.3 Å². The summed E-state index contributed by atoms with van der Waals surface area (Å²) < 4.78 is 9.88. The second-order valence-electron chi connectivity index (χ2n) is 5.80. The Kier molecular flexibility index (Phi) is 7.48. The van der Waals surface area contributed by atoms with Gasteiger partial charge in [-0.25, -0.2) is 0 Å². The van der Waals surface area contributed by atoms with Crippen LogP contribution in [-0.2, 0) is 20.7 Å². The van der Waals surface area contributed by atoms with Crippen molar-refractivity contribution >= 4 is 23.5 Å². The van der Waals surface area contributed by atoms with Gasteiger partial charge in [0.1, 0.15) is 5.75 Å². The first kappa shape index (κ1) is 19.8. The number of rotatable bonds is 8. The summed E-state index contributed by atoms with van der Waals surface area (Å²) >= 11 is 5.86. The Morgan fingerprint density at radius 1 is 1.04 bits per heavy atom. The summed E-state index contributed by atoms with van der Waals surface area (Å²) in [5.74, 6) is 0.188. The van der Waals surface area contributed by atoms with Crippen molar-refractivity contribution in [3.05, 3.63) is 64.7 Å². The summed E-state index contributed by atoms with van der Waals surface area (Å²) in [6.07, 6.45) is 0.974. The summed E-state index contributed by atoms with van der Waals surface area (Å²) in [6.45, 7) is 0. The quantitative estimate of drug-likeness (QED) is 0.714. The Morgan fingerprint density at radius 3 is 2.27 bits per heavy atom. The van der Waals surface area contributed by atoms with Crippen LogP contribution in [0.5, 0.6) is 5.75 Å². The molecule has 6 heteroatoms. The normalized spacial score (nSPS) is 11.5. The number of methoxy groups -OCH3 is 2. The minimum Gasteiger partial charge on any atom is -0.497 e. The number of esters is 1. The van der Waals surface area contributed by atoms with Crippen molar-refractivity contribution in [2.24, 2.45) is 0 Å². The number of nitrogens with one attached hydrogen (secondary N) is 1. The molecule has 0 aliphatic heterocycles. The van der Waals surface area contributed by atoms with Crippen molar-refractivity contribution in [3.8, 4) is 5.75 Å². The van der Waals surface area contributed by atoms with Gasteiger partial charge < -0.3 is 14.8 Å². The Hall–Kier alpha value is -2.53. The third-order valence-corrected chi connectivity index (χ3v) is 4.26. The second-order valence-corrected chi connectivity index (χ2v) is 6.24. The van der Waals surface area contributed by atoms with Crippen LogP contribution in [0.3, 0.4) is 0 Å². The molecule has 0 aliphatic carbocycles. The molecular weight excluding hydrogens is 354 g/mol. The van der Waals surface area contributed by atoms with E-state index in [2.05, 4.69) is 5.32 Å². The maximum Gasteiger partial charge on any atom is 0.307 e.